The van der Waals surface area contributed by atoms with Gasteiger partial charge < -0.3 is 23.7 Å². The molecule has 2 aromatic carbocycles. The Balaban J connectivity index is 1.25. The normalized spacial score (nSPS) is 14.6. The van der Waals surface area contributed by atoms with Gasteiger partial charge in [-0.2, -0.15) is 0 Å². The monoisotopic (exact) mass is 452 g/mol. The Kier molecular flexibility index (Phi) is 6.92. The minimum absolute atomic E-state index is 0.0127. The second-order valence-corrected chi connectivity index (χ2v) is 7.70. The largest absolute Gasteiger partial charge is 0.486 e. The molecule has 172 valence electrons. The van der Waals surface area contributed by atoms with Crippen LogP contribution in [0.25, 0.3) is 0 Å². The highest BCUT2D eigenvalue weighted by Gasteiger charge is 2.28. The zero-order valence-corrected chi connectivity index (χ0v) is 18.3. The topological polar surface area (TPSA) is 72.2 Å². The number of ether oxygens (including phenoxy) is 2. The van der Waals surface area contributed by atoms with Gasteiger partial charge in [-0.05, 0) is 55.5 Å². The van der Waals surface area contributed by atoms with E-state index in [1.54, 1.807) is 17.9 Å². The van der Waals surface area contributed by atoms with Crippen LogP contribution >= 0.6 is 0 Å². The molecule has 1 amide bonds. The fourth-order valence-corrected chi connectivity index (χ4v) is 3.60. The van der Waals surface area contributed by atoms with Crippen LogP contribution in [0.3, 0.4) is 0 Å². The lowest BCUT2D eigenvalue weighted by atomic mass is 10.2. The number of nitrogens with zero attached hydrogens (tertiary/aromatic N) is 2. The average molecular weight is 452 g/mol. The Morgan fingerprint density at radius 2 is 1.67 bits per heavy atom. The van der Waals surface area contributed by atoms with Crippen LogP contribution < -0.4 is 9.64 Å². The first-order chi connectivity index (χ1) is 16.0. The van der Waals surface area contributed by atoms with Crippen LogP contribution in [-0.2, 0) is 16.1 Å². The van der Waals surface area contributed by atoms with E-state index in [9.17, 15) is 14.0 Å². The Bertz CT molecular complexity index is 1080. The number of hydrogen-bond donors (Lipinski definition) is 0. The molecule has 1 fully saturated rings. The van der Waals surface area contributed by atoms with Gasteiger partial charge in [0.25, 0.3) is 5.91 Å². The molecule has 1 atom stereocenters. The van der Waals surface area contributed by atoms with Crippen LogP contribution in [0.5, 0.6) is 5.75 Å². The fourth-order valence-electron chi connectivity index (χ4n) is 3.60. The van der Waals surface area contributed by atoms with Gasteiger partial charge in [-0.1, -0.05) is 18.2 Å². The van der Waals surface area contributed by atoms with Gasteiger partial charge >= 0.3 is 5.97 Å². The van der Waals surface area contributed by atoms with Crippen LogP contribution in [-0.4, -0.2) is 49.1 Å². The molecule has 1 aliphatic heterocycles. The summed E-state index contributed by atoms with van der Waals surface area (Å²) in [6.45, 7) is 4.17. The van der Waals surface area contributed by atoms with E-state index in [0.717, 1.165) is 5.69 Å². The Hall–Kier alpha value is -3.81. The van der Waals surface area contributed by atoms with E-state index in [0.29, 0.717) is 37.7 Å². The SMILES string of the molecule is CC(OC(=O)c1ccc(COc2ccc(F)cc2)o1)C(=O)N1CCN(c2ccccc2)CC1. The van der Waals surface area contributed by atoms with E-state index >= 15 is 0 Å². The fraction of sp³-hybridized carbons (Fsp3) is 0.280. The maximum absolute atomic E-state index is 13.0. The van der Waals surface area contributed by atoms with E-state index in [2.05, 4.69) is 4.90 Å². The highest BCUT2D eigenvalue weighted by molar-refractivity contribution is 5.90. The summed E-state index contributed by atoms with van der Waals surface area (Å²) in [7, 11) is 0. The number of carbonyl (C=O) groups is 2. The predicted octanol–water partition coefficient (Wildman–Crippen LogP) is 3.89. The quantitative estimate of drug-likeness (QED) is 0.507. The molecular weight excluding hydrogens is 427 g/mol. The zero-order valence-electron chi connectivity index (χ0n) is 18.3. The number of esters is 1. The molecule has 0 N–H and O–H groups in total. The summed E-state index contributed by atoms with van der Waals surface area (Å²) in [5.41, 5.74) is 1.13. The molecule has 2 heterocycles. The molecule has 33 heavy (non-hydrogen) atoms. The molecule has 4 rings (SSSR count). The molecule has 3 aromatic rings. The van der Waals surface area contributed by atoms with Crippen molar-refractivity contribution in [2.75, 3.05) is 31.1 Å². The van der Waals surface area contributed by atoms with Gasteiger partial charge in [0.05, 0.1) is 0 Å². The first kappa shape index (κ1) is 22.4. The Labute approximate surface area is 191 Å². The summed E-state index contributed by atoms with van der Waals surface area (Å²) in [6.07, 6.45) is -0.926. The van der Waals surface area contributed by atoms with Gasteiger partial charge in [-0.25, -0.2) is 9.18 Å². The maximum atomic E-state index is 13.0. The molecule has 7 nitrogen and oxygen atoms in total. The molecule has 0 radical (unpaired) electrons. The second kappa shape index (κ2) is 10.2. The van der Waals surface area contributed by atoms with E-state index in [1.165, 1.54) is 30.3 Å². The lowest BCUT2D eigenvalue weighted by Gasteiger charge is -2.36. The van der Waals surface area contributed by atoms with Crippen molar-refractivity contribution in [2.45, 2.75) is 19.6 Å². The van der Waals surface area contributed by atoms with Crippen molar-refractivity contribution in [3.63, 3.8) is 0 Å². The number of benzene rings is 2. The number of furan rings is 1. The summed E-state index contributed by atoms with van der Waals surface area (Å²) in [5, 5.41) is 0. The van der Waals surface area contributed by atoms with Gasteiger partial charge in [-0.3, -0.25) is 4.79 Å². The van der Waals surface area contributed by atoms with Crippen LogP contribution in [0.1, 0.15) is 23.2 Å². The van der Waals surface area contributed by atoms with Gasteiger partial charge in [0.15, 0.2) is 6.10 Å². The number of halogens is 1. The molecule has 1 unspecified atom stereocenters. The number of carbonyl (C=O) groups excluding carboxylic acids is 2. The van der Waals surface area contributed by atoms with Gasteiger partial charge in [0.1, 0.15) is 23.9 Å². The van der Waals surface area contributed by atoms with Crippen molar-refractivity contribution < 1.29 is 27.9 Å². The molecule has 0 bridgehead atoms. The molecule has 1 aromatic heterocycles. The third-order valence-electron chi connectivity index (χ3n) is 5.40. The van der Waals surface area contributed by atoms with Crippen molar-refractivity contribution in [1.82, 2.24) is 4.90 Å². The third-order valence-corrected chi connectivity index (χ3v) is 5.40. The minimum atomic E-state index is -0.926. The molecule has 1 aliphatic rings. The van der Waals surface area contributed by atoms with Crippen molar-refractivity contribution in [3.05, 3.63) is 84.1 Å². The van der Waals surface area contributed by atoms with Gasteiger partial charge in [0.2, 0.25) is 5.76 Å². The maximum Gasteiger partial charge on any atom is 0.375 e. The van der Waals surface area contributed by atoms with Crippen LogP contribution in [0, 0.1) is 5.82 Å². The van der Waals surface area contributed by atoms with Crippen molar-refractivity contribution in [2.24, 2.45) is 0 Å². The van der Waals surface area contributed by atoms with E-state index in [4.69, 9.17) is 13.9 Å². The summed E-state index contributed by atoms with van der Waals surface area (Å²) in [4.78, 5) is 29.1. The summed E-state index contributed by atoms with van der Waals surface area (Å²) < 4.78 is 29.3. The van der Waals surface area contributed by atoms with E-state index < -0.39 is 12.1 Å². The summed E-state index contributed by atoms with van der Waals surface area (Å²) in [6, 6.07) is 18.7. The van der Waals surface area contributed by atoms with Crippen LogP contribution in [0.4, 0.5) is 10.1 Å². The smallest absolute Gasteiger partial charge is 0.375 e. The summed E-state index contributed by atoms with van der Waals surface area (Å²) >= 11 is 0. The lowest BCUT2D eigenvalue weighted by Crippen LogP contribution is -2.51. The second-order valence-electron chi connectivity index (χ2n) is 7.70. The Morgan fingerprint density at radius 1 is 0.970 bits per heavy atom. The van der Waals surface area contributed by atoms with Crippen molar-refractivity contribution >= 4 is 17.6 Å². The summed E-state index contributed by atoms with van der Waals surface area (Å²) in [5.74, 6) is -0.437. The number of para-hydroxylation sites is 1. The van der Waals surface area contributed by atoms with Gasteiger partial charge in [-0.15, -0.1) is 0 Å². The third kappa shape index (κ3) is 5.71. The number of anilines is 1. The number of amides is 1. The number of rotatable bonds is 7. The molecule has 1 saturated heterocycles. The highest BCUT2D eigenvalue weighted by Crippen LogP contribution is 2.18. The molecule has 0 saturated carbocycles. The molecular formula is C25H25FN2O5. The van der Waals surface area contributed by atoms with Crippen molar-refractivity contribution in [1.29, 1.82) is 0 Å². The van der Waals surface area contributed by atoms with E-state index in [-0.39, 0.29) is 24.1 Å². The van der Waals surface area contributed by atoms with Crippen LogP contribution in [0.2, 0.25) is 0 Å². The first-order valence-corrected chi connectivity index (χ1v) is 10.8. The van der Waals surface area contributed by atoms with Gasteiger partial charge in [0, 0.05) is 31.9 Å². The zero-order chi connectivity index (χ0) is 23.2. The predicted molar refractivity (Wildman–Crippen MR) is 120 cm³/mol. The van der Waals surface area contributed by atoms with Crippen LogP contribution in [0.15, 0.2) is 71.1 Å². The van der Waals surface area contributed by atoms with E-state index in [1.807, 2.05) is 30.3 Å². The average Bonchev–Trinajstić information content (AvgIpc) is 3.33. The molecule has 0 spiro atoms. The highest BCUT2D eigenvalue weighted by atomic mass is 19.1. The standard InChI is InChI=1S/C25H25FN2O5/c1-18(24(29)28-15-13-27(14-16-28)20-5-3-2-4-6-20)32-25(30)23-12-11-22(33-23)17-31-21-9-7-19(26)8-10-21/h2-12,18H,13-17H2,1H3. The first-order valence-electron chi connectivity index (χ1n) is 10.8. The minimum Gasteiger partial charge on any atom is -0.486 e. The van der Waals surface area contributed by atoms with Crippen molar-refractivity contribution in [3.8, 4) is 5.75 Å². The number of piperazine rings is 1. The Morgan fingerprint density at radius 3 is 2.36 bits per heavy atom. The molecule has 0 aliphatic carbocycles. The number of hydrogen-bond acceptors (Lipinski definition) is 6. The molecule has 8 heteroatoms. The lowest BCUT2D eigenvalue weighted by molar-refractivity contribution is -0.140.